The molecule has 0 aromatic heterocycles. The van der Waals surface area contributed by atoms with Crippen LogP contribution in [0.4, 0.5) is 0 Å². The predicted molar refractivity (Wildman–Crippen MR) is 108 cm³/mol. The van der Waals surface area contributed by atoms with Crippen LogP contribution >= 0.6 is 22.6 Å². The second-order valence-electron chi connectivity index (χ2n) is 5.35. The van der Waals surface area contributed by atoms with Crippen molar-refractivity contribution in [1.82, 2.24) is 0 Å². The standard InChI is InChI=1S/C20H16INO4/c1-3-10-25-17-9-4-13(12-18(17)24-2)11-16-20(23)26-19(22-16)14-5-7-15(21)8-6-14/h3-9,11-12H,1,10H2,2H3/b16-11-. The highest BCUT2D eigenvalue weighted by Crippen LogP contribution is 2.29. The van der Waals surface area contributed by atoms with Crippen LogP contribution in [-0.2, 0) is 9.53 Å². The summed E-state index contributed by atoms with van der Waals surface area (Å²) in [6, 6.07) is 13.0. The van der Waals surface area contributed by atoms with Gasteiger partial charge in [0, 0.05) is 9.13 Å². The summed E-state index contributed by atoms with van der Waals surface area (Å²) in [7, 11) is 1.56. The van der Waals surface area contributed by atoms with Crippen molar-refractivity contribution in [2.75, 3.05) is 13.7 Å². The zero-order valence-corrected chi connectivity index (χ0v) is 16.2. The molecule has 0 atom stereocenters. The van der Waals surface area contributed by atoms with Crippen LogP contribution in [0.5, 0.6) is 11.5 Å². The first kappa shape index (κ1) is 18.2. The average Bonchev–Trinajstić information content (AvgIpc) is 3.01. The van der Waals surface area contributed by atoms with Gasteiger partial charge in [0.25, 0.3) is 0 Å². The van der Waals surface area contributed by atoms with Crippen LogP contribution in [0.3, 0.4) is 0 Å². The molecule has 0 saturated heterocycles. The molecule has 3 rings (SSSR count). The van der Waals surface area contributed by atoms with E-state index in [-0.39, 0.29) is 5.70 Å². The molecule has 0 aliphatic carbocycles. The van der Waals surface area contributed by atoms with Gasteiger partial charge < -0.3 is 14.2 Å². The van der Waals surface area contributed by atoms with Crippen LogP contribution in [-0.4, -0.2) is 25.6 Å². The second-order valence-corrected chi connectivity index (χ2v) is 6.60. The number of carbonyl (C=O) groups excluding carboxylic acids is 1. The topological polar surface area (TPSA) is 57.1 Å². The van der Waals surface area contributed by atoms with Crippen LogP contribution < -0.4 is 9.47 Å². The van der Waals surface area contributed by atoms with Crippen LogP contribution in [0.15, 0.2) is 65.8 Å². The minimum atomic E-state index is -0.482. The summed E-state index contributed by atoms with van der Waals surface area (Å²) >= 11 is 2.21. The Bertz CT molecular complexity index is 901. The lowest BCUT2D eigenvalue weighted by Gasteiger charge is -2.09. The lowest BCUT2D eigenvalue weighted by molar-refractivity contribution is -0.129. The molecule has 0 N–H and O–H groups in total. The van der Waals surface area contributed by atoms with Crippen molar-refractivity contribution >= 4 is 40.5 Å². The Kier molecular flexibility index (Phi) is 5.72. The Morgan fingerprint density at radius 1 is 1.19 bits per heavy atom. The predicted octanol–water partition coefficient (Wildman–Crippen LogP) is 4.21. The number of hydrogen-bond donors (Lipinski definition) is 0. The van der Waals surface area contributed by atoms with Gasteiger partial charge in [0.1, 0.15) is 6.61 Å². The van der Waals surface area contributed by atoms with E-state index in [2.05, 4.69) is 34.2 Å². The largest absolute Gasteiger partial charge is 0.493 e. The van der Waals surface area contributed by atoms with E-state index in [4.69, 9.17) is 14.2 Å². The van der Waals surface area contributed by atoms with Crippen molar-refractivity contribution in [3.63, 3.8) is 0 Å². The van der Waals surface area contributed by atoms with Gasteiger partial charge in [0.05, 0.1) is 7.11 Å². The SMILES string of the molecule is C=CCOc1ccc(/C=C2\N=C(c3ccc(I)cc3)OC2=O)cc1OC. The molecule has 5 nitrogen and oxygen atoms in total. The quantitative estimate of drug-likeness (QED) is 0.280. The van der Waals surface area contributed by atoms with Gasteiger partial charge in [-0.3, -0.25) is 0 Å². The van der Waals surface area contributed by atoms with Gasteiger partial charge in [-0.2, -0.15) is 0 Å². The summed E-state index contributed by atoms with van der Waals surface area (Å²) in [6.07, 6.45) is 3.31. The van der Waals surface area contributed by atoms with Gasteiger partial charge in [0.15, 0.2) is 17.2 Å². The van der Waals surface area contributed by atoms with E-state index in [0.29, 0.717) is 24.0 Å². The third-order valence-corrected chi connectivity index (χ3v) is 4.28. The zero-order chi connectivity index (χ0) is 18.5. The van der Waals surface area contributed by atoms with Gasteiger partial charge in [-0.15, -0.1) is 0 Å². The molecule has 2 aromatic carbocycles. The molecular weight excluding hydrogens is 445 g/mol. The third-order valence-electron chi connectivity index (χ3n) is 3.56. The van der Waals surface area contributed by atoms with Crippen molar-refractivity contribution in [2.45, 2.75) is 0 Å². The molecule has 6 heteroatoms. The number of methoxy groups -OCH3 is 1. The van der Waals surface area contributed by atoms with E-state index >= 15 is 0 Å². The van der Waals surface area contributed by atoms with E-state index in [0.717, 1.165) is 14.7 Å². The molecule has 132 valence electrons. The molecule has 0 bridgehead atoms. The van der Waals surface area contributed by atoms with Gasteiger partial charge in [-0.05, 0) is 70.6 Å². The average molecular weight is 461 g/mol. The molecule has 2 aromatic rings. The molecule has 1 aliphatic heterocycles. The Morgan fingerprint density at radius 2 is 1.96 bits per heavy atom. The highest BCUT2D eigenvalue weighted by Gasteiger charge is 2.24. The highest BCUT2D eigenvalue weighted by atomic mass is 127. The lowest BCUT2D eigenvalue weighted by atomic mass is 10.1. The van der Waals surface area contributed by atoms with E-state index in [1.54, 1.807) is 31.4 Å². The number of aliphatic imine (C=N–C) groups is 1. The fourth-order valence-corrected chi connectivity index (χ4v) is 2.68. The van der Waals surface area contributed by atoms with Gasteiger partial charge in [-0.1, -0.05) is 18.7 Å². The molecule has 1 aliphatic rings. The number of nitrogens with zero attached hydrogens (tertiary/aromatic N) is 1. The van der Waals surface area contributed by atoms with Crippen molar-refractivity contribution in [3.05, 3.63) is 75.5 Å². The first-order valence-corrected chi connectivity index (χ1v) is 8.89. The van der Waals surface area contributed by atoms with Crippen LogP contribution in [0.2, 0.25) is 0 Å². The maximum absolute atomic E-state index is 12.1. The number of cyclic esters (lactones) is 1. The molecular formula is C20H16INO4. The van der Waals surface area contributed by atoms with Crippen LogP contribution in [0.25, 0.3) is 6.08 Å². The van der Waals surface area contributed by atoms with E-state index in [9.17, 15) is 4.79 Å². The summed E-state index contributed by atoms with van der Waals surface area (Å²) in [5.41, 5.74) is 1.75. The first-order chi connectivity index (χ1) is 12.6. The molecule has 0 spiro atoms. The van der Waals surface area contributed by atoms with E-state index < -0.39 is 5.97 Å². The van der Waals surface area contributed by atoms with Crippen molar-refractivity contribution in [3.8, 4) is 11.5 Å². The Morgan fingerprint density at radius 3 is 2.65 bits per heavy atom. The number of rotatable bonds is 6. The summed E-state index contributed by atoms with van der Waals surface area (Å²) in [5.74, 6) is 0.987. The number of halogens is 1. The van der Waals surface area contributed by atoms with Crippen LogP contribution in [0.1, 0.15) is 11.1 Å². The van der Waals surface area contributed by atoms with Crippen molar-refractivity contribution in [1.29, 1.82) is 0 Å². The Balaban J connectivity index is 1.88. The monoisotopic (exact) mass is 461 g/mol. The van der Waals surface area contributed by atoms with E-state index in [1.165, 1.54) is 0 Å². The second kappa shape index (κ2) is 8.18. The number of esters is 1. The summed E-state index contributed by atoms with van der Waals surface area (Å²) in [6.45, 7) is 4.00. The Labute approximate surface area is 165 Å². The van der Waals surface area contributed by atoms with Gasteiger partial charge in [0.2, 0.25) is 5.90 Å². The first-order valence-electron chi connectivity index (χ1n) is 7.81. The fraction of sp³-hybridized carbons (Fsp3) is 0.100. The number of ether oxygens (including phenoxy) is 3. The lowest BCUT2D eigenvalue weighted by Crippen LogP contribution is -2.05. The summed E-state index contributed by atoms with van der Waals surface area (Å²) in [4.78, 5) is 16.4. The van der Waals surface area contributed by atoms with Crippen molar-refractivity contribution in [2.24, 2.45) is 4.99 Å². The molecule has 0 fully saturated rings. The fourth-order valence-electron chi connectivity index (χ4n) is 2.32. The van der Waals surface area contributed by atoms with Crippen molar-refractivity contribution < 1.29 is 19.0 Å². The summed E-state index contributed by atoms with van der Waals surface area (Å²) < 4.78 is 17.2. The smallest absolute Gasteiger partial charge is 0.363 e. The number of hydrogen-bond acceptors (Lipinski definition) is 5. The molecule has 0 saturated carbocycles. The maximum atomic E-state index is 12.1. The zero-order valence-electron chi connectivity index (χ0n) is 14.1. The molecule has 0 radical (unpaired) electrons. The third kappa shape index (κ3) is 4.13. The normalized spacial score (nSPS) is 14.8. The highest BCUT2D eigenvalue weighted by molar-refractivity contribution is 14.1. The Hall–Kier alpha value is -2.61. The minimum Gasteiger partial charge on any atom is -0.493 e. The minimum absolute atomic E-state index is 0.236. The van der Waals surface area contributed by atoms with Gasteiger partial charge in [-0.25, -0.2) is 9.79 Å². The summed E-state index contributed by atoms with van der Waals surface area (Å²) in [5, 5.41) is 0. The number of carbonyl (C=O) groups is 1. The molecule has 0 unspecified atom stereocenters. The van der Waals surface area contributed by atoms with Gasteiger partial charge >= 0.3 is 5.97 Å². The van der Waals surface area contributed by atoms with E-state index in [1.807, 2.05) is 30.3 Å². The molecule has 0 amide bonds. The van der Waals surface area contributed by atoms with Crippen LogP contribution in [0, 0.1) is 3.57 Å². The number of benzene rings is 2. The molecule has 1 heterocycles. The molecule has 26 heavy (non-hydrogen) atoms. The maximum Gasteiger partial charge on any atom is 0.363 e.